The molecular weight excluding hydrogens is 520 g/mol. The molecule has 214 valence electrons. The van der Waals surface area contributed by atoms with Crippen LogP contribution in [0.15, 0.2) is 36.4 Å². The number of likely N-dealkylation sites (tertiary alicyclic amines) is 1. The molecule has 0 unspecified atom stereocenters. The van der Waals surface area contributed by atoms with E-state index in [-0.39, 0.29) is 48.8 Å². The Labute approximate surface area is 239 Å². The fourth-order valence-electron chi connectivity index (χ4n) is 6.82. The van der Waals surface area contributed by atoms with Crippen LogP contribution in [0.4, 0.5) is 0 Å². The number of fused-ring (bicyclic) bond motifs is 3. The van der Waals surface area contributed by atoms with Gasteiger partial charge in [0.1, 0.15) is 11.5 Å². The Morgan fingerprint density at radius 3 is 2.05 bits per heavy atom. The molecule has 4 atom stereocenters. The third-order valence-corrected chi connectivity index (χ3v) is 8.95. The molecule has 10 heteroatoms. The number of nitriles is 1. The number of nitrogens with one attached hydrogen (secondary N) is 3. The molecule has 2 fully saturated rings. The van der Waals surface area contributed by atoms with Crippen LogP contribution in [0.5, 0.6) is 0 Å². The number of hydrogen-bond donors (Lipinski definition) is 4. The summed E-state index contributed by atoms with van der Waals surface area (Å²) in [5.74, 6) is -0.700. The minimum Gasteiger partial charge on any atom is -0.369 e. The van der Waals surface area contributed by atoms with Crippen LogP contribution in [0.3, 0.4) is 0 Å². The van der Waals surface area contributed by atoms with Gasteiger partial charge in [0.25, 0.3) is 11.8 Å². The quantitative estimate of drug-likeness (QED) is 0.382. The molecule has 0 radical (unpaired) electrons. The van der Waals surface area contributed by atoms with E-state index in [0.29, 0.717) is 41.0 Å². The summed E-state index contributed by atoms with van der Waals surface area (Å²) in [4.78, 5) is 53.4. The van der Waals surface area contributed by atoms with Gasteiger partial charge in [0.2, 0.25) is 11.8 Å². The van der Waals surface area contributed by atoms with Gasteiger partial charge in [-0.3, -0.25) is 19.2 Å². The van der Waals surface area contributed by atoms with E-state index in [4.69, 9.17) is 5.73 Å². The zero-order valence-electron chi connectivity index (χ0n) is 23.6. The summed E-state index contributed by atoms with van der Waals surface area (Å²) >= 11 is 0. The molecule has 0 spiro atoms. The topological polar surface area (TPSA) is 157 Å². The van der Waals surface area contributed by atoms with E-state index in [1.165, 1.54) is 0 Å². The third-order valence-electron chi connectivity index (χ3n) is 8.95. The van der Waals surface area contributed by atoms with Gasteiger partial charge in [-0.2, -0.15) is 5.26 Å². The summed E-state index contributed by atoms with van der Waals surface area (Å²) in [7, 11) is 3.13. The Morgan fingerprint density at radius 2 is 1.56 bits per heavy atom. The van der Waals surface area contributed by atoms with E-state index in [9.17, 15) is 24.4 Å². The third kappa shape index (κ3) is 4.95. The lowest BCUT2D eigenvalue weighted by Gasteiger charge is -2.36. The Balaban J connectivity index is 1.51. The Bertz CT molecular complexity index is 1400. The highest BCUT2D eigenvalue weighted by Crippen LogP contribution is 2.47. The smallest absolute Gasteiger partial charge is 0.251 e. The molecule has 0 bridgehead atoms. The average molecular weight is 557 g/mol. The van der Waals surface area contributed by atoms with Gasteiger partial charge in [0, 0.05) is 37.3 Å². The molecular formula is C31H36N6O4. The summed E-state index contributed by atoms with van der Waals surface area (Å²) in [5.41, 5.74) is 9.06. The highest BCUT2D eigenvalue weighted by Gasteiger charge is 2.54. The predicted molar refractivity (Wildman–Crippen MR) is 152 cm³/mol. The van der Waals surface area contributed by atoms with Crippen molar-refractivity contribution < 1.29 is 19.2 Å². The number of piperidine rings is 1. The minimum absolute atomic E-state index is 0.0440. The first kappa shape index (κ1) is 28.3. The number of amides is 4. The second kappa shape index (κ2) is 11.0. The first-order valence-corrected chi connectivity index (χ1v) is 14.1. The van der Waals surface area contributed by atoms with Crippen molar-refractivity contribution >= 4 is 23.6 Å². The second-order valence-corrected chi connectivity index (χ2v) is 11.4. The lowest BCUT2D eigenvalue weighted by molar-refractivity contribution is -0.131. The van der Waals surface area contributed by atoms with E-state index < -0.39 is 11.3 Å². The lowest BCUT2D eigenvalue weighted by Crippen LogP contribution is -2.49. The van der Waals surface area contributed by atoms with E-state index >= 15 is 0 Å². The number of primary amides is 1. The van der Waals surface area contributed by atoms with Crippen molar-refractivity contribution in [1.29, 1.82) is 5.26 Å². The maximum absolute atomic E-state index is 13.6. The summed E-state index contributed by atoms with van der Waals surface area (Å²) in [5, 5.41) is 18.1. The van der Waals surface area contributed by atoms with E-state index in [1.807, 2.05) is 6.92 Å². The molecule has 5 rings (SSSR count). The number of nitrogens with zero attached hydrogens (tertiary/aromatic N) is 2. The fraction of sp³-hybridized carbons (Fsp3) is 0.452. The molecule has 0 aromatic heterocycles. The number of carbonyl (C=O) groups excluding carboxylic acids is 4. The number of benzene rings is 2. The normalized spacial score (nSPS) is 22.2. The van der Waals surface area contributed by atoms with Crippen LogP contribution < -0.4 is 21.7 Å². The molecule has 1 aliphatic heterocycles. The molecule has 10 nitrogen and oxygen atoms in total. The van der Waals surface area contributed by atoms with Crippen molar-refractivity contribution in [1.82, 2.24) is 20.9 Å². The number of aryl methyl sites for hydroxylation is 2. The number of hydrogen-bond acceptors (Lipinski definition) is 6. The van der Waals surface area contributed by atoms with Crippen molar-refractivity contribution in [2.24, 2.45) is 11.7 Å². The summed E-state index contributed by atoms with van der Waals surface area (Å²) < 4.78 is 0. The second-order valence-electron chi connectivity index (χ2n) is 11.4. The zero-order valence-corrected chi connectivity index (χ0v) is 23.6. The minimum atomic E-state index is -1.27. The summed E-state index contributed by atoms with van der Waals surface area (Å²) in [6.07, 6.45) is 3.03. The standard InChI is InChI=1S/C31H36N6O4/c1-17(36-16-27(38)37-23(15-32)12-22-13-26(22)37)14-31(30(33)41)24-8-6-20(28(39)34-2)10-18(24)4-5-19-11-21(29(40)35-3)7-9-25(19)31/h6-11,17,22-23,26,36H,4-5,12-14,16H2,1-3H3,(H2,33,41)(H,34,39)(H,35,40)/t17-,22+,23-,26-/m0/s1. The van der Waals surface area contributed by atoms with Crippen LogP contribution in [0.2, 0.25) is 0 Å². The molecule has 2 aromatic carbocycles. The highest BCUT2D eigenvalue weighted by molar-refractivity contribution is 5.97. The first-order chi connectivity index (χ1) is 19.6. The monoisotopic (exact) mass is 556 g/mol. The zero-order chi connectivity index (χ0) is 29.5. The molecule has 2 aromatic rings. The molecule has 4 amide bonds. The first-order valence-electron chi connectivity index (χ1n) is 14.1. The predicted octanol–water partition coefficient (Wildman–Crippen LogP) is 1.16. The van der Waals surface area contributed by atoms with Crippen molar-refractivity contribution in [2.45, 2.75) is 62.6 Å². The van der Waals surface area contributed by atoms with E-state index in [2.05, 4.69) is 22.0 Å². The van der Waals surface area contributed by atoms with Gasteiger partial charge in [0.15, 0.2) is 0 Å². The van der Waals surface area contributed by atoms with Crippen LogP contribution >= 0.6 is 0 Å². The van der Waals surface area contributed by atoms with Crippen molar-refractivity contribution in [3.8, 4) is 6.07 Å². The van der Waals surface area contributed by atoms with Crippen LogP contribution in [-0.4, -0.2) is 67.3 Å². The molecule has 1 saturated heterocycles. The fourth-order valence-corrected chi connectivity index (χ4v) is 6.82. The van der Waals surface area contributed by atoms with Crippen LogP contribution in [-0.2, 0) is 27.8 Å². The molecule has 1 heterocycles. The maximum Gasteiger partial charge on any atom is 0.251 e. The van der Waals surface area contributed by atoms with Crippen molar-refractivity contribution in [2.75, 3.05) is 20.6 Å². The summed E-state index contributed by atoms with van der Waals surface area (Å²) in [6.45, 7) is 1.95. The highest BCUT2D eigenvalue weighted by atomic mass is 16.2. The Kier molecular flexibility index (Phi) is 7.58. The largest absolute Gasteiger partial charge is 0.369 e. The van der Waals surface area contributed by atoms with Crippen molar-refractivity contribution in [3.63, 3.8) is 0 Å². The van der Waals surface area contributed by atoms with Gasteiger partial charge in [-0.25, -0.2) is 0 Å². The molecule has 41 heavy (non-hydrogen) atoms. The van der Waals surface area contributed by atoms with Crippen molar-refractivity contribution in [3.05, 3.63) is 69.8 Å². The Hall–Kier alpha value is -4.23. The van der Waals surface area contributed by atoms with Gasteiger partial charge in [-0.05, 0) is 91.5 Å². The number of carbonyl (C=O) groups is 4. The van der Waals surface area contributed by atoms with Crippen LogP contribution in [0, 0.1) is 17.2 Å². The molecule has 1 saturated carbocycles. The SMILES string of the molecule is CNC(=O)c1ccc2c(c1)CCc1cc(C(=O)NC)ccc1C2(C[C@H](C)NCC(=O)N1[C@H](C#N)C[C@@H]2C[C@@H]21)C(N)=O. The average Bonchev–Trinajstić information content (AvgIpc) is 3.67. The van der Waals surface area contributed by atoms with Gasteiger partial charge < -0.3 is 26.6 Å². The molecule has 3 aliphatic rings. The van der Waals surface area contributed by atoms with Gasteiger partial charge in [-0.1, -0.05) is 12.1 Å². The van der Waals surface area contributed by atoms with Gasteiger partial charge in [-0.15, -0.1) is 0 Å². The molecule has 2 aliphatic carbocycles. The van der Waals surface area contributed by atoms with Crippen LogP contribution in [0.25, 0.3) is 0 Å². The molecule has 5 N–H and O–H groups in total. The van der Waals surface area contributed by atoms with Gasteiger partial charge in [0.05, 0.1) is 12.6 Å². The Morgan fingerprint density at radius 1 is 1.00 bits per heavy atom. The van der Waals surface area contributed by atoms with E-state index in [1.54, 1.807) is 55.4 Å². The number of nitrogens with two attached hydrogens (primary N) is 1. The van der Waals surface area contributed by atoms with Crippen LogP contribution in [0.1, 0.15) is 69.2 Å². The lowest BCUT2D eigenvalue weighted by atomic mass is 9.68. The maximum atomic E-state index is 13.6. The number of rotatable bonds is 8. The van der Waals surface area contributed by atoms with E-state index in [0.717, 1.165) is 24.0 Å². The summed E-state index contributed by atoms with van der Waals surface area (Å²) in [6, 6.07) is 12.3. The van der Waals surface area contributed by atoms with Gasteiger partial charge >= 0.3 is 0 Å².